The van der Waals surface area contributed by atoms with Crippen LogP contribution in [0, 0.1) is 5.41 Å². The molecule has 0 bridgehead atoms. The second-order valence-corrected chi connectivity index (χ2v) is 9.51. The number of benzene rings is 1. The van der Waals surface area contributed by atoms with Gasteiger partial charge in [-0.25, -0.2) is 0 Å². The van der Waals surface area contributed by atoms with Crippen LogP contribution >= 0.6 is 31.3 Å². The minimum absolute atomic E-state index is 0.240. The summed E-state index contributed by atoms with van der Waals surface area (Å²) in [5.41, 5.74) is 0.166. The van der Waals surface area contributed by atoms with Gasteiger partial charge in [0.1, 0.15) is 12.7 Å². The van der Waals surface area contributed by atoms with Gasteiger partial charge in [0.2, 0.25) is 0 Å². The molecule has 0 amide bonds. The van der Waals surface area contributed by atoms with Crippen LogP contribution in [0.5, 0.6) is 0 Å². The molecule has 9 heteroatoms. The van der Waals surface area contributed by atoms with Gasteiger partial charge in [-0.1, -0.05) is 47.8 Å². The molecule has 2 fully saturated rings. The van der Waals surface area contributed by atoms with Crippen LogP contribution in [0.1, 0.15) is 25.5 Å². The lowest BCUT2D eigenvalue weighted by Crippen LogP contribution is -2.52. The SMILES string of the molecule is COC1COCCN1[P+]1([O-])OCC(C)(C)[C@H](c2c(Cl)cccc2Cl)O1. The summed E-state index contributed by atoms with van der Waals surface area (Å²) in [7, 11) is -2.06. The maximum atomic E-state index is 13.5. The predicted molar refractivity (Wildman–Crippen MR) is 95.3 cm³/mol. The highest BCUT2D eigenvalue weighted by atomic mass is 35.5. The summed E-state index contributed by atoms with van der Waals surface area (Å²) in [6.07, 6.45) is -1.07. The van der Waals surface area contributed by atoms with E-state index in [1.54, 1.807) is 22.9 Å². The van der Waals surface area contributed by atoms with E-state index in [1.165, 1.54) is 7.11 Å². The molecule has 0 spiro atoms. The summed E-state index contributed by atoms with van der Waals surface area (Å²) in [6.45, 7) is 5.29. The summed E-state index contributed by atoms with van der Waals surface area (Å²) < 4.78 is 24.2. The number of morpholine rings is 1. The molecular weight excluding hydrogens is 388 g/mol. The van der Waals surface area contributed by atoms with Crippen LogP contribution in [0.2, 0.25) is 10.0 Å². The first kappa shape index (κ1) is 19.7. The third kappa shape index (κ3) is 3.84. The summed E-state index contributed by atoms with van der Waals surface area (Å²) in [5, 5.41) is 0.952. The predicted octanol–water partition coefficient (Wildman–Crippen LogP) is 3.45. The summed E-state index contributed by atoms with van der Waals surface area (Å²) >= 11 is 12.7. The Balaban J connectivity index is 1.95. The highest BCUT2D eigenvalue weighted by molar-refractivity contribution is 7.56. The van der Waals surface area contributed by atoms with Crippen molar-refractivity contribution >= 4 is 31.3 Å². The Morgan fingerprint density at radius 1 is 1.32 bits per heavy atom. The molecule has 1 aromatic rings. The molecule has 3 atom stereocenters. The van der Waals surface area contributed by atoms with Crippen molar-refractivity contribution in [3.05, 3.63) is 33.8 Å². The van der Waals surface area contributed by atoms with E-state index < -0.39 is 25.8 Å². The van der Waals surface area contributed by atoms with Crippen molar-refractivity contribution in [2.45, 2.75) is 26.2 Å². The molecule has 2 heterocycles. The summed E-state index contributed by atoms with van der Waals surface area (Å²) in [6, 6.07) is 5.26. The Morgan fingerprint density at radius 3 is 2.64 bits per heavy atom. The highest BCUT2D eigenvalue weighted by Gasteiger charge is 2.56. The van der Waals surface area contributed by atoms with Crippen molar-refractivity contribution in [3.8, 4) is 0 Å². The summed E-state index contributed by atoms with van der Waals surface area (Å²) in [5.74, 6) is 0. The Kier molecular flexibility index (Phi) is 5.96. The molecular formula is C16H22Cl2NO5P. The first-order valence-corrected chi connectivity index (χ1v) is 10.3. The van der Waals surface area contributed by atoms with Crippen LogP contribution in [0.25, 0.3) is 0 Å². The lowest BCUT2D eigenvalue weighted by molar-refractivity contribution is -0.273. The maximum absolute atomic E-state index is 13.5. The van der Waals surface area contributed by atoms with E-state index in [2.05, 4.69) is 0 Å². The maximum Gasteiger partial charge on any atom is 0.318 e. The molecule has 25 heavy (non-hydrogen) atoms. The average Bonchev–Trinajstić information content (AvgIpc) is 2.58. The van der Waals surface area contributed by atoms with Gasteiger partial charge in [0.25, 0.3) is 0 Å². The molecule has 2 aliphatic rings. The van der Waals surface area contributed by atoms with E-state index in [4.69, 9.17) is 41.7 Å². The Labute approximate surface area is 158 Å². The van der Waals surface area contributed by atoms with Crippen molar-refractivity contribution in [3.63, 3.8) is 0 Å². The first-order chi connectivity index (χ1) is 11.8. The molecule has 0 saturated carbocycles. The molecule has 3 rings (SSSR count). The van der Waals surface area contributed by atoms with Crippen molar-refractivity contribution in [2.24, 2.45) is 5.41 Å². The third-order valence-corrected chi connectivity index (χ3v) is 7.13. The average molecular weight is 410 g/mol. The van der Waals surface area contributed by atoms with E-state index in [9.17, 15) is 4.89 Å². The van der Waals surface area contributed by atoms with Crippen LogP contribution in [-0.2, 0) is 18.5 Å². The number of nitrogens with zero attached hydrogens (tertiary/aromatic N) is 1. The molecule has 0 N–H and O–H groups in total. The molecule has 2 aliphatic heterocycles. The lowest BCUT2D eigenvalue weighted by atomic mass is 9.83. The second-order valence-electron chi connectivity index (χ2n) is 6.78. The quantitative estimate of drug-likeness (QED) is 0.712. The minimum atomic E-state index is -3.59. The van der Waals surface area contributed by atoms with Gasteiger partial charge >= 0.3 is 8.09 Å². The van der Waals surface area contributed by atoms with E-state index in [1.807, 2.05) is 13.8 Å². The molecule has 1 aromatic carbocycles. The zero-order valence-electron chi connectivity index (χ0n) is 14.4. The monoisotopic (exact) mass is 409 g/mol. The van der Waals surface area contributed by atoms with E-state index in [0.29, 0.717) is 35.4 Å². The van der Waals surface area contributed by atoms with Crippen molar-refractivity contribution in [2.75, 3.05) is 33.5 Å². The van der Waals surface area contributed by atoms with Crippen molar-refractivity contribution in [1.82, 2.24) is 4.67 Å². The molecule has 6 nitrogen and oxygen atoms in total. The van der Waals surface area contributed by atoms with Crippen molar-refractivity contribution < 1.29 is 23.4 Å². The fraction of sp³-hybridized carbons (Fsp3) is 0.625. The standard InChI is InChI=1S/C16H22Cl2NO5P/c1-16(2)10-23-25(20,19-7-8-22-9-13(19)21-3)24-15(16)14-11(17)5-4-6-12(14)18/h4-6,13,15H,7-10H2,1-3H3/t13?,15-,25?/m0/s1. The van der Waals surface area contributed by atoms with E-state index >= 15 is 0 Å². The topological polar surface area (TPSA) is 63.2 Å². The molecule has 0 aromatic heterocycles. The van der Waals surface area contributed by atoms with Gasteiger partial charge in [-0.2, -0.15) is 9.05 Å². The van der Waals surface area contributed by atoms with Gasteiger partial charge in [-0.05, 0) is 12.1 Å². The number of methoxy groups -OCH3 is 1. The molecule has 0 aliphatic carbocycles. The van der Waals surface area contributed by atoms with Crippen molar-refractivity contribution in [1.29, 1.82) is 0 Å². The number of hydrogen-bond acceptors (Lipinski definition) is 6. The normalized spacial score (nSPS) is 33.4. The third-order valence-electron chi connectivity index (χ3n) is 4.45. The number of hydrogen-bond donors (Lipinski definition) is 0. The Morgan fingerprint density at radius 2 is 2.00 bits per heavy atom. The van der Waals surface area contributed by atoms with Gasteiger partial charge in [0.05, 0.1) is 19.8 Å². The molecule has 2 saturated heterocycles. The van der Waals surface area contributed by atoms with Crippen LogP contribution in [0.3, 0.4) is 0 Å². The zero-order chi connectivity index (χ0) is 18.2. The fourth-order valence-electron chi connectivity index (χ4n) is 3.01. The highest BCUT2D eigenvalue weighted by Crippen LogP contribution is 2.67. The van der Waals surface area contributed by atoms with Crippen LogP contribution in [-0.4, -0.2) is 44.4 Å². The van der Waals surface area contributed by atoms with Gasteiger partial charge in [0.15, 0.2) is 6.23 Å². The number of halogens is 2. The van der Waals surface area contributed by atoms with Gasteiger partial charge in [-0.15, -0.1) is 0 Å². The Hall–Kier alpha value is -0.0100. The van der Waals surface area contributed by atoms with Gasteiger partial charge < -0.3 is 14.4 Å². The molecule has 2 unspecified atom stereocenters. The zero-order valence-corrected chi connectivity index (χ0v) is 16.8. The van der Waals surface area contributed by atoms with E-state index in [0.717, 1.165) is 0 Å². The largest absolute Gasteiger partial charge is 0.616 e. The van der Waals surface area contributed by atoms with Gasteiger partial charge in [-0.3, -0.25) is 0 Å². The number of ether oxygens (including phenoxy) is 2. The molecule has 0 radical (unpaired) electrons. The summed E-state index contributed by atoms with van der Waals surface area (Å²) in [4.78, 5) is 13.5. The second kappa shape index (κ2) is 7.55. The van der Waals surface area contributed by atoms with E-state index in [-0.39, 0.29) is 6.61 Å². The number of rotatable bonds is 3. The van der Waals surface area contributed by atoms with Crippen LogP contribution in [0.4, 0.5) is 0 Å². The smallest absolute Gasteiger partial charge is 0.318 e. The van der Waals surface area contributed by atoms with Crippen LogP contribution < -0.4 is 4.89 Å². The van der Waals surface area contributed by atoms with Gasteiger partial charge in [0, 0.05) is 28.1 Å². The lowest BCUT2D eigenvalue weighted by Gasteiger charge is -2.49. The fourth-order valence-corrected chi connectivity index (χ4v) is 5.89. The van der Waals surface area contributed by atoms with Crippen LogP contribution in [0.15, 0.2) is 18.2 Å². The Bertz CT molecular complexity index is 614. The first-order valence-electron chi connectivity index (χ1n) is 8.03. The minimum Gasteiger partial charge on any atom is -0.616 e. The molecule has 140 valence electrons.